The van der Waals surface area contributed by atoms with Gasteiger partial charge in [-0.05, 0) is 42.0 Å². The Kier molecular flexibility index (Phi) is 8.91. The van der Waals surface area contributed by atoms with E-state index in [-0.39, 0.29) is 28.7 Å². The van der Waals surface area contributed by atoms with E-state index >= 15 is 0 Å². The summed E-state index contributed by atoms with van der Waals surface area (Å²) in [7, 11) is 0. The van der Waals surface area contributed by atoms with E-state index in [1.807, 2.05) is 60.7 Å². The van der Waals surface area contributed by atoms with E-state index in [1.54, 1.807) is 12.1 Å². The zero-order valence-electron chi connectivity index (χ0n) is 22.4. The Hall–Kier alpha value is -4.90. The second-order valence-electron chi connectivity index (χ2n) is 9.44. The van der Waals surface area contributed by atoms with E-state index in [0.717, 1.165) is 23.3 Å². The van der Waals surface area contributed by atoms with Crippen molar-refractivity contribution in [3.05, 3.63) is 120 Å². The number of alkyl halides is 3. The first kappa shape index (κ1) is 29.6. The van der Waals surface area contributed by atoms with Crippen molar-refractivity contribution in [1.29, 1.82) is 0 Å². The van der Waals surface area contributed by atoms with Crippen LogP contribution in [0.4, 0.5) is 13.2 Å². The fourth-order valence-electron chi connectivity index (χ4n) is 4.17. The summed E-state index contributed by atoms with van der Waals surface area (Å²) in [5.41, 5.74) is 2.06. The quantitative estimate of drug-likeness (QED) is 0.174. The highest BCUT2D eigenvalue weighted by atomic mass is 32.2. The Labute approximate surface area is 248 Å². The third-order valence-electron chi connectivity index (χ3n) is 6.40. The number of hydrogen-bond donors (Lipinski definition) is 2. The fraction of sp³-hybridized carbons (Fsp3) is 0.125. The number of nitrogens with one attached hydrogen (secondary N) is 1. The molecule has 2 N–H and O–H groups in total. The maximum Gasteiger partial charge on any atom is 0.416 e. The molecule has 5 aromatic rings. The predicted molar refractivity (Wildman–Crippen MR) is 157 cm³/mol. The van der Waals surface area contributed by atoms with E-state index in [4.69, 9.17) is 4.42 Å². The van der Waals surface area contributed by atoms with E-state index in [1.165, 1.54) is 30.1 Å². The molecule has 5 rings (SSSR count). The van der Waals surface area contributed by atoms with Crippen LogP contribution >= 0.6 is 11.8 Å². The molecule has 0 fully saturated rings. The van der Waals surface area contributed by atoms with E-state index in [9.17, 15) is 27.9 Å². The van der Waals surface area contributed by atoms with Crippen molar-refractivity contribution in [1.82, 2.24) is 15.3 Å². The molecule has 1 amide bonds. The SMILES string of the molecule is O=C(N[C@@H](CSCc1ccccc1)C(=O)O)c1nc(-c2ccc(C(F)(F)F)cc2)oc1-c1ccc(-c2ccccc2)nc1. The summed E-state index contributed by atoms with van der Waals surface area (Å²) < 4.78 is 45.2. The van der Waals surface area contributed by atoms with E-state index in [0.29, 0.717) is 17.0 Å². The van der Waals surface area contributed by atoms with Gasteiger partial charge in [-0.25, -0.2) is 9.78 Å². The highest BCUT2D eigenvalue weighted by molar-refractivity contribution is 7.98. The van der Waals surface area contributed by atoms with Gasteiger partial charge in [0.2, 0.25) is 5.89 Å². The van der Waals surface area contributed by atoms with Gasteiger partial charge in [-0.15, -0.1) is 0 Å². The normalized spacial score (nSPS) is 12.1. The van der Waals surface area contributed by atoms with Gasteiger partial charge >= 0.3 is 12.1 Å². The van der Waals surface area contributed by atoms with Crippen LogP contribution in [0.25, 0.3) is 34.0 Å². The third kappa shape index (κ3) is 7.31. The monoisotopic (exact) mass is 603 g/mol. The number of hydrogen-bond acceptors (Lipinski definition) is 6. The number of halogens is 3. The number of carboxylic acid groups (broad SMARTS) is 1. The van der Waals surface area contributed by atoms with E-state index < -0.39 is 29.7 Å². The zero-order valence-corrected chi connectivity index (χ0v) is 23.2. The van der Waals surface area contributed by atoms with Crippen LogP contribution in [0.3, 0.4) is 0 Å². The summed E-state index contributed by atoms with van der Waals surface area (Å²) in [4.78, 5) is 34.2. The molecule has 0 radical (unpaired) electrons. The molecule has 2 heterocycles. The molecule has 0 saturated carbocycles. The number of benzene rings is 3. The number of pyridine rings is 1. The molecule has 11 heteroatoms. The lowest BCUT2D eigenvalue weighted by Gasteiger charge is -2.14. The Morgan fingerprint density at radius 1 is 0.860 bits per heavy atom. The Bertz CT molecular complexity index is 1690. The topological polar surface area (TPSA) is 105 Å². The molecule has 0 unspecified atom stereocenters. The van der Waals surface area contributed by atoms with Gasteiger partial charge < -0.3 is 14.8 Å². The summed E-state index contributed by atoms with van der Waals surface area (Å²) >= 11 is 1.34. The number of rotatable bonds is 10. The van der Waals surface area contributed by atoms with Crippen molar-refractivity contribution < 1.29 is 32.3 Å². The van der Waals surface area contributed by atoms with Crippen LogP contribution in [0.5, 0.6) is 0 Å². The van der Waals surface area contributed by atoms with Crippen LogP contribution in [0.2, 0.25) is 0 Å². The van der Waals surface area contributed by atoms with Crippen LogP contribution in [0.1, 0.15) is 21.6 Å². The van der Waals surface area contributed by atoms with E-state index in [2.05, 4.69) is 15.3 Å². The molecular formula is C32H24F3N3O4S. The molecule has 43 heavy (non-hydrogen) atoms. The number of carbonyl (C=O) groups is 2. The van der Waals surface area contributed by atoms with Crippen molar-refractivity contribution in [2.45, 2.75) is 18.0 Å². The summed E-state index contributed by atoms with van der Waals surface area (Å²) in [6, 6.07) is 25.2. The van der Waals surface area contributed by atoms with Crippen molar-refractivity contribution in [3.8, 4) is 34.0 Å². The molecule has 2 aromatic heterocycles. The number of thioether (sulfide) groups is 1. The highest BCUT2D eigenvalue weighted by Gasteiger charge is 2.31. The molecule has 0 bridgehead atoms. The van der Waals surface area contributed by atoms with Gasteiger partial charge in [-0.1, -0.05) is 60.7 Å². The zero-order chi connectivity index (χ0) is 30.4. The van der Waals surface area contributed by atoms with Crippen molar-refractivity contribution in [2.24, 2.45) is 0 Å². The molecule has 1 atom stereocenters. The minimum absolute atomic E-state index is 0.000544. The molecule has 0 aliphatic carbocycles. The fourth-order valence-corrected chi connectivity index (χ4v) is 5.18. The van der Waals surface area contributed by atoms with Gasteiger partial charge in [0.25, 0.3) is 5.91 Å². The second-order valence-corrected chi connectivity index (χ2v) is 10.5. The molecule has 7 nitrogen and oxygen atoms in total. The molecule has 0 aliphatic rings. The van der Waals surface area contributed by atoms with Crippen molar-refractivity contribution in [2.75, 3.05) is 5.75 Å². The van der Waals surface area contributed by atoms with Crippen LogP contribution in [-0.2, 0) is 16.7 Å². The number of oxazole rings is 1. The van der Waals surface area contributed by atoms with Gasteiger partial charge in [0.05, 0.1) is 11.3 Å². The molecule has 0 spiro atoms. The summed E-state index contributed by atoms with van der Waals surface area (Å²) in [6.45, 7) is 0. The standard InChI is InChI=1S/C32H24F3N3O4S/c33-32(34,35)24-14-11-22(12-15-24)30-38-27(28(42-30)23-13-16-25(36-17-23)21-9-5-2-6-10-21)29(39)37-26(31(40)41)19-43-18-20-7-3-1-4-8-20/h1-17,26H,18-19H2,(H,37,39)(H,40,41)/t26-/m0/s1. The Morgan fingerprint density at radius 2 is 1.51 bits per heavy atom. The second kappa shape index (κ2) is 13.0. The predicted octanol–water partition coefficient (Wildman–Crippen LogP) is 7.21. The Balaban J connectivity index is 1.43. The van der Waals surface area contributed by atoms with Crippen molar-refractivity contribution >= 4 is 23.6 Å². The van der Waals surface area contributed by atoms with Crippen LogP contribution in [0, 0.1) is 0 Å². The van der Waals surface area contributed by atoms with Gasteiger partial charge in [0.15, 0.2) is 11.5 Å². The minimum Gasteiger partial charge on any atom is -0.480 e. The highest BCUT2D eigenvalue weighted by Crippen LogP contribution is 2.34. The van der Waals surface area contributed by atoms with Gasteiger partial charge in [0, 0.05) is 34.4 Å². The summed E-state index contributed by atoms with van der Waals surface area (Å²) in [5.74, 6) is -1.50. The van der Waals surface area contributed by atoms with Gasteiger partial charge in [-0.2, -0.15) is 24.9 Å². The minimum atomic E-state index is -4.53. The number of aromatic nitrogens is 2. The lowest BCUT2D eigenvalue weighted by molar-refractivity contribution is -0.139. The summed E-state index contributed by atoms with van der Waals surface area (Å²) in [5, 5.41) is 12.3. The number of carboxylic acids is 1. The number of nitrogens with zero attached hydrogens (tertiary/aromatic N) is 2. The maximum atomic E-state index is 13.4. The first-order valence-corrected chi connectivity index (χ1v) is 14.2. The number of amides is 1. The van der Waals surface area contributed by atoms with Crippen molar-refractivity contribution in [3.63, 3.8) is 0 Å². The average Bonchev–Trinajstić information content (AvgIpc) is 3.47. The lowest BCUT2D eigenvalue weighted by atomic mass is 10.1. The van der Waals surface area contributed by atoms with Crippen LogP contribution in [0.15, 0.2) is 108 Å². The number of aliphatic carboxylic acids is 1. The van der Waals surface area contributed by atoms with Gasteiger partial charge in [-0.3, -0.25) is 9.78 Å². The van der Waals surface area contributed by atoms with Gasteiger partial charge in [0.1, 0.15) is 6.04 Å². The van der Waals surface area contributed by atoms with Crippen LogP contribution < -0.4 is 5.32 Å². The smallest absolute Gasteiger partial charge is 0.416 e. The molecule has 218 valence electrons. The first-order valence-electron chi connectivity index (χ1n) is 13.0. The maximum absolute atomic E-state index is 13.4. The molecule has 0 aliphatic heterocycles. The lowest BCUT2D eigenvalue weighted by Crippen LogP contribution is -2.42. The first-order chi connectivity index (χ1) is 20.7. The summed E-state index contributed by atoms with van der Waals surface area (Å²) in [6.07, 6.45) is -3.04. The average molecular weight is 604 g/mol. The molecule has 3 aromatic carbocycles. The third-order valence-corrected chi connectivity index (χ3v) is 7.50. The molecule has 0 saturated heterocycles. The molecular weight excluding hydrogens is 579 g/mol. The number of carbonyl (C=O) groups excluding carboxylic acids is 1. The van der Waals surface area contributed by atoms with Crippen LogP contribution in [-0.4, -0.2) is 38.7 Å². The largest absolute Gasteiger partial charge is 0.480 e. The Morgan fingerprint density at radius 3 is 2.12 bits per heavy atom.